The zero-order valence-corrected chi connectivity index (χ0v) is 7.76. The van der Waals surface area contributed by atoms with Crippen molar-refractivity contribution in [2.24, 2.45) is 0 Å². The summed E-state index contributed by atoms with van der Waals surface area (Å²) in [6.45, 7) is 2.08. The molecule has 6 heteroatoms. The molecule has 2 N–H and O–H groups in total. The fourth-order valence-electron chi connectivity index (χ4n) is 0.927. The Hall–Kier alpha value is -0.170. The van der Waals surface area contributed by atoms with Crippen molar-refractivity contribution < 1.29 is 22.3 Å². The zero-order valence-electron chi connectivity index (χ0n) is 6.95. The van der Waals surface area contributed by atoms with E-state index in [0.717, 1.165) is 19.3 Å². The molecule has 0 atom stereocenters. The number of hydrogen-bond acceptors (Lipinski definition) is 4. The smallest absolute Gasteiger partial charge is 0.404 e. The van der Waals surface area contributed by atoms with Crippen LogP contribution in [-0.4, -0.2) is 20.2 Å². The second-order valence-corrected chi connectivity index (χ2v) is 3.73. The molecular formula is C6H14O5S. The quantitative estimate of drug-likeness (QED) is 0.610. The van der Waals surface area contributed by atoms with E-state index in [2.05, 4.69) is 15.3 Å². The molecule has 0 aliphatic carbocycles. The van der Waals surface area contributed by atoms with Gasteiger partial charge in [0.15, 0.2) is 6.29 Å². The van der Waals surface area contributed by atoms with Crippen molar-refractivity contribution in [2.75, 3.05) is 0 Å². The molecule has 1 saturated heterocycles. The van der Waals surface area contributed by atoms with Crippen LogP contribution >= 0.6 is 0 Å². The van der Waals surface area contributed by atoms with Crippen molar-refractivity contribution in [3.63, 3.8) is 0 Å². The zero-order chi connectivity index (χ0) is 8.32. The summed E-state index contributed by atoms with van der Waals surface area (Å²) >= 11 is 0. The van der Waals surface area contributed by atoms with Crippen LogP contribution in [0.1, 0.15) is 32.6 Å². The molecule has 0 radical (unpaired) electrons. The van der Waals surface area contributed by atoms with Gasteiger partial charge in [-0.25, -0.2) is 8.37 Å². The third-order valence-electron chi connectivity index (χ3n) is 1.49. The summed E-state index contributed by atoms with van der Waals surface area (Å²) in [5.74, 6) is 0. The monoisotopic (exact) mass is 198 g/mol. The van der Waals surface area contributed by atoms with Gasteiger partial charge in [0.05, 0.1) is 0 Å². The first-order valence-corrected chi connectivity index (χ1v) is 5.09. The second kappa shape index (κ2) is 4.76. The Morgan fingerprint density at radius 2 is 1.83 bits per heavy atom. The molecular weight excluding hydrogens is 184 g/mol. The summed E-state index contributed by atoms with van der Waals surface area (Å²) in [6.07, 6.45) is 3.32. The highest BCUT2D eigenvalue weighted by molar-refractivity contribution is 7.82. The van der Waals surface area contributed by atoms with E-state index in [4.69, 9.17) is 0 Å². The lowest BCUT2D eigenvalue weighted by Gasteiger charge is -2.24. The van der Waals surface area contributed by atoms with E-state index in [0.29, 0.717) is 6.42 Å². The molecule has 1 aliphatic rings. The molecule has 0 saturated carbocycles. The lowest BCUT2D eigenvalue weighted by Crippen LogP contribution is -2.35. The first-order valence-electron chi connectivity index (χ1n) is 3.75. The maximum Gasteiger partial charge on any atom is 0.404 e. The molecule has 74 valence electrons. The number of unbranched alkanes of at least 4 members (excludes halogenated alkanes) is 2. The van der Waals surface area contributed by atoms with E-state index in [1.165, 1.54) is 0 Å². The minimum Gasteiger partial charge on any atom is -0.412 e. The van der Waals surface area contributed by atoms with Crippen LogP contribution in [0.25, 0.3) is 0 Å². The Kier molecular flexibility index (Phi) is 4.69. The Labute approximate surface area is 72.3 Å². The third kappa shape index (κ3) is 3.48. The lowest BCUT2D eigenvalue weighted by atomic mass is 10.2. The molecule has 0 bridgehead atoms. The van der Waals surface area contributed by atoms with Crippen LogP contribution in [0.5, 0.6) is 0 Å². The first kappa shape index (κ1) is 11.8. The third-order valence-corrected chi connectivity index (χ3v) is 2.39. The molecule has 0 amide bonds. The second-order valence-electron chi connectivity index (χ2n) is 2.53. The molecule has 12 heavy (non-hydrogen) atoms. The van der Waals surface area contributed by atoms with Crippen molar-refractivity contribution in [1.82, 2.24) is 0 Å². The molecule has 0 aromatic carbocycles. The van der Waals surface area contributed by atoms with Crippen LogP contribution in [-0.2, 0) is 18.8 Å². The Balaban J connectivity index is 0.00000121. The Morgan fingerprint density at radius 3 is 2.25 bits per heavy atom. The molecule has 1 rings (SSSR count). The predicted octanol–water partition coefficient (Wildman–Crippen LogP) is 0.360. The van der Waals surface area contributed by atoms with Gasteiger partial charge >= 0.3 is 10.4 Å². The van der Waals surface area contributed by atoms with E-state index in [1.807, 2.05) is 0 Å². The van der Waals surface area contributed by atoms with Crippen LogP contribution in [0.4, 0.5) is 0 Å². The molecule has 1 fully saturated rings. The van der Waals surface area contributed by atoms with E-state index >= 15 is 0 Å². The summed E-state index contributed by atoms with van der Waals surface area (Å²) in [4.78, 5) is 0. The average Bonchev–Trinajstić information content (AvgIpc) is 1.84. The Morgan fingerprint density at radius 1 is 1.25 bits per heavy atom. The topological polar surface area (TPSA) is 84.1 Å². The van der Waals surface area contributed by atoms with Gasteiger partial charge in [-0.3, -0.25) is 0 Å². The standard InChI is InChI=1S/C6H12O4S.H2O/c1-2-3-4-5-6-9-11(7,8)10-6;/h6H,2-5H2,1H3;1H2. The van der Waals surface area contributed by atoms with Gasteiger partial charge in [-0.15, -0.1) is 0 Å². The van der Waals surface area contributed by atoms with E-state index in [1.54, 1.807) is 0 Å². The largest absolute Gasteiger partial charge is 0.412 e. The normalized spacial score (nSPS) is 21.1. The van der Waals surface area contributed by atoms with E-state index < -0.39 is 16.7 Å². The van der Waals surface area contributed by atoms with Crippen molar-refractivity contribution >= 4 is 10.4 Å². The van der Waals surface area contributed by atoms with Crippen molar-refractivity contribution in [2.45, 2.75) is 38.9 Å². The summed E-state index contributed by atoms with van der Waals surface area (Å²) in [5, 5.41) is 0. The molecule has 0 spiro atoms. The van der Waals surface area contributed by atoms with Crippen LogP contribution in [0, 0.1) is 0 Å². The molecule has 1 aliphatic heterocycles. The highest BCUT2D eigenvalue weighted by atomic mass is 32.3. The molecule has 0 unspecified atom stereocenters. The maximum absolute atomic E-state index is 10.3. The van der Waals surface area contributed by atoms with Gasteiger partial charge in [0.25, 0.3) is 0 Å². The van der Waals surface area contributed by atoms with Gasteiger partial charge in [-0.05, 0) is 6.42 Å². The van der Waals surface area contributed by atoms with Gasteiger partial charge in [0.1, 0.15) is 0 Å². The summed E-state index contributed by atoms with van der Waals surface area (Å²) in [7, 11) is -3.57. The average molecular weight is 198 g/mol. The molecule has 5 nitrogen and oxygen atoms in total. The van der Waals surface area contributed by atoms with E-state index in [-0.39, 0.29) is 5.48 Å². The highest BCUT2D eigenvalue weighted by Gasteiger charge is 2.35. The lowest BCUT2D eigenvalue weighted by molar-refractivity contribution is -0.0842. The number of rotatable bonds is 4. The fraction of sp³-hybridized carbons (Fsp3) is 1.00. The van der Waals surface area contributed by atoms with Crippen LogP contribution in [0.15, 0.2) is 0 Å². The van der Waals surface area contributed by atoms with Crippen molar-refractivity contribution in [3.8, 4) is 0 Å². The van der Waals surface area contributed by atoms with Crippen LogP contribution in [0.2, 0.25) is 0 Å². The van der Waals surface area contributed by atoms with Gasteiger partial charge in [-0.2, -0.15) is 8.42 Å². The maximum atomic E-state index is 10.3. The van der Waals surface area contributed by atoms with Crippen molar-refractivity contribution in [1.29, 1.82) is 0 Å². The van der Waals surface area contributed by atoms with Crippen LogP contribution in [0.3, 0.4) is 0 Å². The van der Waals surface area contributed by atoms with E-state index in [9.17, 15) is 8.42 Å². The SMILES string of the molecule is CCCCCC1OS(=O)(=O)O1.O. The fourth-order valence-corrected chi connectivity index (χ4v) is 1.66. The van der Waals surface area contributed by atoms with Gasteiger partial charge in [-0.1, -0.05) is 19.8 Å². The molecule has 1 heterocycles. The first-order chi connectivity index (χ1) is 5.14. The van der Waals surface area contributed by atoms with Gasteiger partial charge < -0.3 is 5.48 Å². The predicted molar refractivity (Wildman–Crippen MR) is 42.6 cm³/mol. The minimum atomic E-state index is -3.57. The summed E-state index contributed by atoms with van der Waals surface area (Å²) < 4.78 is 29.4. The molecule has 0 aromatic rings. The highest BCUT2D eigenvalue weighted by Crippen LogP contribution is 2.22. The van der Waals surface area contributed by atoms with Gasteiger partial charge in [0, 0.05) is 6.42 Å². The van der Waals surface area contributed by atoms with Crippen molar-refractivity contribution in [3.05, 3.63) is 0 Å². The van der Waals surface area contributed by atoms with Gasteiger partial charge in [0.2, 0.25) is 0 Å². The summed E-state index contributed by atoms with van der Waals surface area (Å²) in [6, 6.07) is 0. The van der Waals surface area contributed by atoms with Crippen LogP contribution < -0.4 is 0 Å². The molecule has 0 aromatic heterocycles. The minimum absolute atomic E-state index is 0. The Bertz CT molecular complexity index is 198. The summed E-state index contributed by atoms with van der Waals surface area (Å²) in [5.41, 5.74) is 0. The number of hydrogen-bond donors (Lipinski definition) is 0.